The third-order valence-corrected chi connectivity index (χ3v) is 3.54. The van der Waals surface area contributed by atoms with E-state index >= 15 is 0 Å². The van der Waals surface area contributed by atoms with E-state index in [2.05, 4.69) is 10.6 Å². The van der Waals surface area contributed by atoms with Crippen molar-refractivity contribution in [1.29, 1.82) is 0 Å². The van der Waals surface area contributed by atoms with Gasteiger partial charge in [0.2, 0.25) is 0 Å². The number of carbonyl (C=O) groups excluding carboxylic acids is 3. The third-order valence-electron chi connectivity index (χ3n) is 3.54. The molecule has 0 saturated carbocycles. The van der Waals surface area contributed by atoms with Crippen LogP contribution < -0.4 is 15.4 Å². The average Bonchev–Trinajstić information content (AvgIpc) is 2.66. The monoisotopic (exact) mass is 392 g/mol. The van der Waals surface area contributed by atoms with Crippen molar-refractivity contribution in [2.45, 2.75) is 6.42 Å². The van der Waals surface area contributed by atoms with Gasteiger partial charge in [0.15, 0.2) is 6.61 Å². The molecule has 0 radical (unpaired) electrons. The van der Waals surface area contributed by atoms with Crippen LogP contribution in [0.3, 0.4) is 0 Å². The van der Waals surface area contributed by atoms with Crippen LogP contribution in [0, 0.1) is 11.6 Å². The Balaban J connectivity index is 1.72. The molecule has 28 heavy (non-hydrogen) atoms. The maximum absolute atomic E-state index is 13.5. The van der Waals surface area contributed by atoms with E-state index in [9.17, 15) is 23.2 Å². The number of ether oxygens (including phenoxy) is 2. The van der Waals surface area contributed by atoms with Gasteiger partial charge >= 0.3 is 5.97 Å². The quantitative estimate of drug-likeness (QED) is 0.673. The maximum atomic E-state index is 13.5. The number of amides is 2. The average molecular weight is 392 g/mol. The van der Waals surface area contributed by atoms with Crippen molar-refractivity contribution in [2.75, 3.05) is 25.6 Å². The Morgan fingerprint density at radius 3 is 2.54 bits per heavy atom. The summed E-state index contributed by atoms with van der Waals surface area (Å²) in [5.41, 5.74) is 0.0885. The summed E-state index contributed by atoms with van der Waals surface area (Å²) < 4.78 is 36.2. The lowest BCUT2D eigenvalue weighted by Crippen LogP contribution is -2.28. The van der Waals surface area contributed by atoms with Crippen LogP contribution in [0.15, 0.2) is 42.5 Å². The molecule has 2 aromatic rings. The second kappa shape index (κ2) is 10.0. The fraction of sp³-hybridized carbons (Fsp3) is 0.211. The number of hydrogen-bond donors (Lipinski definition) is 2. The Kier molecular flexibility index (Phi) is 7.44. The predicted molar refractivity (Wildman–Crippen MR) is 95.9 cm³/mol. The number of nitrogens with one attached hydrogen (secondary N) is 2. The fourth-order valence-corrected chi connectivity index (χ4v) is 2.20. The summed E-state index contributed by atoms with van der Waals surface area (Å²) in [6, 6.07) is 9.27. The first kappa shape index (κ1) is 20.8. The van der Waals surface area contributed by atoms with Gasteiger partial charge in [-0.25, -0.2) is 8.78 Å². The molecule has 2 aromatic carbocycles. The standard InChI is InChI=1S/C19H18F2N2O5/c1-27-16-5-3-2-4-15(16)23-17(24)11-28-18(25)8-9-22-19(26)13-7-6-12(20)10-14(13)21/h2-7,10H,8-9,11H2,1H3,(H,22,26)(H,23,24). The van der Waals surface area contributed by atoms with Crippen LogP contribution in [-0.2, 0) is 14.3 Å². The van der Waals surface area contributed by atoms with E-state index < -0.39 is 36.0 Å². The van der Waals surface area contributed by atoms with E-state index in [1.807, 2.05) is 0 Å². The SMILES string of the molecule is COc1ccccc1NC(=O)COC(=O)CCNC(=O)c1ccc(F)cc1F. The molecule has 0 atom stereocenters. The largest absolute Gasteiger partial charge is 0.495 e. The van der Waals surface area contributed by atoms with Gasteiger partial charge < -0.3 is 20.1 Å². The Morgan fingerprint density at radius 1 is 1.07 bits per heavy atom. The summed E-state index contributed by atoms with van der Waals surface area (Å²) >= 11 is 0. The number of rotatable bonds is 8. The van der Waals surface area contributed by atoms with Crippen molar-refractivity contribution in [3.8, 4) is 5.75 Å². The number of benzene rings is 2. The van der Waals surface area contributed by atoms with Crippen molar-refractivity contribution in [2.24, 2.45) is 0 Å². The molecule has 0 aromatic heterocycles. The van der Waals surface area contributed by atoms with Gasteiger partial charge in [0.1, 0.15) is 17.4 Å². The summed E-state index contributed by atoms with van der Waals surface area (Å²) in [5, 5.41) is 4.85. The topological polar surface area (TPSA) is 93.7 Å². The van der Waals surface area contributed by atoms with E-state index in [4.69, 9.17) is 9.47 Å². The Hall–Kier alpha value is -3.49. The highest BCUT2D eigenvalue weighted by Gasteiger charge is 2.14. The number of para-hydroxylation sites is 2. The van der Waals surface area contributed by atoms with Gasteiger partial charge in [-0.2, -0.15) is 0 Å². The first-order valence-corrected chi connectivity index (χ1v) is 8.22. The highest BCUT2D eigenvalue weighted by Crippen LogP contribution is 2.22. The van der Waals surface area contributed by atoms with Crippen LogP contribution in [0.4, 0.5) is 14.5 Å². The Morgan fingerprint density at radius 2 is 1.82 bits per heavy atom. The molecular weight excluding hydrogens is 374 g/mol. The molecule has 0 aliphatic carbocycles. The lowest BCUT2D eigenvalue weighted by molar-refractivity contribution is -0.147. The number of hydrogen-bond acceptors (Lipinski definition) is 5. The first-order chi connectivity index (χ1) is 13.4. The number of anilines is 1. The normalized spacial score (nSPS) is 10.1. The molecule has 0 aliphatic heterocycles. The molecule has 2 rings (SSSR count). The van der Waals surface area contributed by atoms with Gasteiger partial charge in [0.25, 0.3) is 11.8 Å². The second-order valence-electron chi connectivity index (χ2n) is 5.54. The number of esters is 1. The molecule has 148 valence electrons. The zero-order valence-corrected chi connectivity index (χ0v) is 15.0. The van der Waals surface area contributed by atoms with E-state index in [1.54, 1.807) is 24.3 Å². The predicted octanol–water partition coefficient (Wildman–Crippen LogP) is 2.28. The molecule has 7 nitrogen and oxygen atoms in total. The molecule has 2 N–H and O–H groups in total. The molecule has 9 heteroatoms. The van der Waals surface area contributed by atoms with Gasteiger partial charge in [-0.05, 0) is 24.3 Å². The Bertz CT molecular complexity index is 873. The first-order valence-electron chi connectivity index (χ1n) is 8.22. The molecule has 0 saturated heterocycles. The van der Waals surface area contributed by atoms with Gasteiger partial charge in [0.05, 0.1) is 24.8 Å². The van der Waals surface area contributed by atoms with Crippen LogP contribution in [0.1, 0.15) is 16.8 Å². The fourth-order valence-electron chi connectivity index (χ4n) is 2.20. The van der Waals surface area contributed by atoms with Crippen molar-refractivity contribution < 1.29 is 32.6 Å². The second-order valence-corrected chi connectivity index (χ2v) is 5.54. The Labute approximate surface area is 159 Å². The van der Waals surface area contributed by atoms with Crippen molar-refractivity contribution in [1.82, 2.24) is 5.32 Å². The molecule has 0 unspecified atom stereocenters. The molecule has 0 aliphatic rings. The van der Waals surface area contributed by atoms with Crippen LogP contribution in [-0.4, -0.2) is 38.0 Å². The minimum Gasteiger partial charge on any atom is -0.495 e. The van der Waals surface area contributed by atoms with Crippen LogP contribution >= 0.6 is 0 Å². The number of methoxy groups -OCH3 is 1. The molecule has 0 fully saturated rings. The zero-order valence-electron chi connectivity index (χ0n) is 15.0. The van der Waals surface area contributed by atoms with Gasteiger partial charge in [-0.1, -0.05) is 12.1 Å². The van der Waals surface area contributed by atoms with E-state index in [0.717, 1.165) is 12.1 Å². The van der Waals surface area contributed by atoms with Gasteiger partial charge in [-0.15, -0.1) is 0 Å². The van der Waals surface area contributed by atoms with Gasteiger partial charge in [-0.3, -0.25) is 14.4 Å². The van der Waals surface area contributed by atoms with E-state index in [-0.39, 0.29) is 18.5 Å². The summed E-state index contributed by atoms with van der Waals surface area (Å²) in [6.07, 6.45) is -0.226. The molecule has 0 bridgehead atoms. The smallest absolute Gasteiger partial charge is 0.308 e. The maximum Gasteiger partial charge on any atom is 0.308 e. The summed E-state index contributed by atoms with van der Waals surface area (Å²) in [4.78, 5) is 35.3. The lowest BCUT2D eigenvalue weighted by Gasteiger charge is -2.10. The molecular formula is C19H18F2N2O5. The minimum absolute atomic E-state index is 0.136. The van der Waals surface area contributed by atoms with Gasteiger partial charge in [0, 0.05) is 12.6 Å². The number of halogens is 2. The van der Waals surface area contributed by atoms with Crippen molar-refractivity contribution in [3.63, 3.8) is 0 Å². The summed E-state index contributed by atoms with van der Waals surface area (Å²) in [6.45, 7) is -0.653. The van der Waals surface area contributed by atoms with Crippen molar-refractivity contribution >= 4 is 23.5 Å². The summed E-state index contributed by atoms with van der Waals surface area (Å²) in [5.74, 6) is -3.43. The zero-order chi connectivity index (χ0) is 20.5. The highest BCUT2D eigenvalue weighted by molar-refractivity contribution is 5.95. The van der Waals surface area contributed by atoms with Crippen molar-refractivity contribution in [3.05, 3.63) is 59.7 Å². The van der Waals surface area contributed by atoms with E-state index in [1.165, 1.54) is 7.11 Å². The third kappa shape index (κ3) is 6.04. The minimum atomic E-state index is -1.01. The molecule has 2 amide bonds. The number of carbonyl (C=O) groups is 3. The van der Waals surface area contributed by atoms with Crippen LogP contribution in [0.25, 0.3) is 0 Å². The summed E-state index contributed by atoms with van der Waals surface area (Å²) in [7, 11) is 1.46. The van der Waals surface area contributed by atoms with Crippen LogP contribution in [0.5, 0.6) is 5.75 Å². The van der Waals surface area contributed by atoms with E-state index in [0.29, 0.717) is 17.5 Å². The lowest BCUT2D eigenvalue weighted by atomic mass is 10.2. The highest BCUT2D eigenvalue weighted by atomic mass is 19.1. The molecule has 0 heterocycles. The molecule has 0 spiro atoms. The van der Waals surface area contributed by atoms with Crippen LogP contribution in [0.2, 0.25) is 0 Å².